The van der Waals surface area contributed by atoms with Crippen molar-refractivity contribution in [2.45, 2.75) is 12.4 Å². The third kappa shape index (κ3) is 11.7. The maximum Gasteiger partial charge on any atom is 0.490 e. The number of pyridine rings is 1. The van der Waals surface area contributed by atoms with E-state index >= 15 is 0 Å². The van der Waals surface area contributed by atoms with Gasteiger partial charge in [0.05, 0.1) is 12.1 Å². The van der Waals surface area contributed by atoms with Crippen LogP contribution in [0.5, 0.6) is 5.75 Å². The second kappa shape index (κ2) is 14.5. The van der Waals surface area contributed by atoms with Crippen molar-refractivity contribution in [1.29, 1.82) is 0 Å². The molecule has 10 nitrogen and oxygen atoms in total. The number of imidazole rings is 1. The van der Waals surface area contributed by atoms with E-state index in [0.717, 1.165) is 33.7 Å². The number of aliphatic hydroxyl groups excluding tert-OH is 1. The number of ether oxygens (including phenoxy) is 1. The van der Waals surface area contributed by atoms with Gasteiger partial charge in [0.25, 0.3) is 0 Å². The van der Waals surface area contributed by atoms with Gasteiger partial charge in [-0.2, -0.15) is 26.3 Å². The highest BCUT2D eigenvalue weighted by molar-refractivity contribution is 9.10. The van der Waals surface area contributed by atoms with Crippen molar-refractivity contribution >= 4 is 39.0 Å². The summed E-state index contributed by atoms with van der Waals surface area (Å²) in [5.74, 6) is -3.92. The number of halogens is 7. The first-order chi connectivity index (χ1) is 17.5. The van der Waals surface area contributed by atoms with Crippen molar-refractivity contribution < 1.29 is 56.0 Å². The molecule has 0 aliphatic carbocycles. The summed E-state index contributed by atoms with van der Waals surface area (Å²) in [6, 6.07) is 9.76. The van der Waals surface area contributed by atoms with Crippen molar-refractivity contribution in [1.82, 2.24) is 19.9 Å². The molecule has 0 amide bonds. The van der Waals surface area contributed by atoms with E-state index in [-0.39, 0.29) is 6.61 Å². The van der Waals surface area contributed by atoms with Crippen LogP contribution in [0.25, 0.3) is 22.6 Å². The normalized spacial score (nSPS) is 11.3. The Balaban J connectivity index is 0.000000426. The minimum atomic E-state index is -5.08. The highest BCUT2D eigenvalue weighted by Crippen LogP contribution is 2.23. The molecule has 1 aromatic carbocycles. The van der Waals surface area contributed by atoms with E-state index in [1.165, 1.54) is 0 Å². The van der Waals surface area contributed by atoms with Crippen LogP contribution in [0.4, 0.5) is 26.3 Å². The average Bonchev–Trinajstić information content (AvgIpc) is 3.22. The molecule has 0 radical (unpaired) electrons. The minimum Gasteiger partial charge on any atom is -0.492 e. The third-order valence-electron chi connectivity index (χ3n) is 4.14. The number of carbonyl (C=O) groups is 2. The molecule has 0 aliphatic rings. The molecule has 0 aliphatic heterocycles. The summed E-state index contributed by atoms with van der Waals surface area (Å²) < 4.78 is 70.1. The van der Waals surface area contributed by atoms with Gasteiger partial charge in [0.1, 0.15) is 18.2 Å². The first kappa shape index (κ1) is 32.6. The van der Waals surface area contributed by atoms with Crippen LogP contribution < -0.4 is 4.74 Å². The van der Waals surface area contributed by atoms with Crippen molar-refractivity contribution in [3.8, 4) is 17.1 Å². The van der Waals surface area contributed by atoms with Gasteiger partial charge < -0.3 is 29.9 Å². The summed E-state index contributed by atoms with van der Waals surface area (Å²) in [4.78, 5) is 31.9. The summed E-state index contributed by atoms with van der Waals surface area (Å²) in [5.41, 5.74) is 2.57. The molecule has 17 heteroatoms. The predicted octanol–water partition coefficient (Wildman–Crippen LogP) is 3.96. The number of nitrogens with one attached hydrogen (secondary N) is 1. The van der Waals surface area contributed by atoms with Gasteiger partial charge >= 0.3 is 24.3 Å². The number of H-pyrrole nitrogens is 1. The standard InChI is InChI=1S/C17H19BrN4O2.2C2HF3O2/c1-22(6-8-23)7-9-24-14-4-2-12(3-5-14)16-20-15-10-13(18)11-19-17(15)21-16;2*3-2(4,5)1(6)7/h2-5,10-11,23H,6-9H2,1H3,(H,19,20,21);2*(H,6,7). The van der Waals surface area contributed by atoms with Crippen LogP contribution in [-0.2, 0) is 9.59 Å². The summed E-state index contributed by atoms with van der Waals surface area (Å²) in [6.07, 6.45) is -8.43. The van der Waals surface area contributed by atoms with Crippen LogP contribution in [-0.4, -0.2) is 92.8 Å². The van der Waals surface area contributed by atoms with E-state index in [9.17, 15) is 26.3 Å². The number of nitrogens with zero attached hydrogens (tertiary/aromatic N) is 3. The topological polar surface area (TPSA) is 149 Å². The lowest BCUT2D eigenvalue weighted by molar-refractivity contribution is -0.193. The molecule has 0 saturated heterocycles. The third-order valence-corrected chi connectivity index (χ3v) is 4.57. The Bertz CT molecular complexity index is 1160. The molecule has 0 fully saturated rings. The molecule has 0 atom stereocenters. The van der Waals surface area contributed by atoms with Gasteiger partial charge in [0.2, 0.25) is 0 Å². The zero-order chi connectivity index (χ0) is 29.1. The van der Waals surface area contributed by atoms with E-state index in [1.807, 2.05) is 42.3 Å². The molecule has 3 rings (SSSR count). The molecule has 2 aromatic heterocycles. The van der Waals surface area contributed by atoms with Crippen molar-refractivity contribution in [3.05, 3.63) is 41.0 Å². The Hall–Kier alpha value is -3.44. The zero-order valence-electron chi connectivity index (χ0n) is 19.3. The summed E-state index contributed by atoms with van der Waals surface area (Å²) in [7, 11) is 1.96. The number of carboxylic acid groups (broad SMARTS) is 2. The Morgan fingerprint density at radius 1 is 1.03 bits per heavy atom. The molecule has 210 valence electrons. The number of aromatic amines is 1. The molecular weight excluding hydrogens is 598 g/mol. The van der Waals surface area contributed by atoms with E-state index in [0.29, 0.717) is 18.8 Å². The van der Waals surface area contributed by atoms with Crippen LogP contribution in [0.2, 0.25) is 0 Å². The Morgan fingerprint density at radius 2 is 1.55 bits per heavy atom. The number of aromatic nitrogens is 3. The number of benzene rings is 1. The van der Waals surface area contributed by atoms with Gasteiger partial charge in [-0.25, -0.2) is 19.6 Å². The molecule has 38 heavy (non-hydrogen) atoms. The van der Waals surface area contributed by atoms with Crippen molar-refractivity contribution in [3.63, 3.8) is 0 Å². The van der Waals surface area contributed by atoms with Gasteiger partial charge in [-0.3, -0.25) is 0 Å². The molecule has 2 heterocycles. The van der Waals surface area contributed by atoms with Gasteiger partial charge in [-0.15, -0.1) is 0 Å². The molecule has 0 unspecified atom stereocenters. The van der Waals surface area contributed by atoms with E-state index < -0.39 is 24.3 Å². The second-order valence-corrected chi connectivity index (χ2v) is 8.03. The number of likely N-dealkylation sites (N-methyl/N-ethyl adjacent to an activating group) is 1. The van der Waals surface area contributed by atoms with Crippen LogP contribution in [0.3, 0.4) is 0 Å². The number of alkyl halides is 6. The number of hydrogen-bond donors (Lipinski definition) is 4. The molecule has 0 saturated carbocycles. The number of hydrogen-bond acceptors (Lipinski definition) is 7. The summed E-state index contributed by atoms with van der Waals surface area (Å²) >= 11 is 3.41. The van der Waals surface area contributed by atoms with Crippen molar-refractivity contribution in [2.75, 3.05) is 33.4 Å². The van der Waals surface area contributed by atoms with Gasteiger partial charge in [0, 0.05) is 29.3 Å². The summed E-state index contributed by atoms with van der Waals surface area (Å²) in [6.45, 7) is 2.16. The van der Waals surface area contributed by atoms with E-state index in [1.54, 1.807) is 6.20 Å². The quantitative estimate of drug-likeness (QED) is 0.289. The monoisotopic (exact) mass is 618 g/mol. The van der Waals surface area contributed by atoms with Gasteiger partial charge in [0.15, 0.2) is 5.65 Å². The van der Waals surface area contributed by atoms with Gasteiger partial charge in [-0.05, 0) is 53.3 Å². The molecule has 3 aromatic rings. The van der Waals surface area contributed by atoms with Gasteiger partial charge in [-0.1, -0.05) is 0 Å². The Labute approximate surface area is 219 Å². The number of aliphatic hydroxyl groups is 1. The smallest absolute Gasteiger partial charge is 0.490 e. The molecule has 0 bridgehead atoms. The predicted molar refractivity (Wildman–Crippen MR) is 124 cm³/mol. The first-order valence-electron chi connectivity index (χ1n) is 10.2. The molecular formula is C21H21BrF6N4O6. The van der Waals surface area contributed by atoms with E-state index in [4.69, 9.17) is 29.6 Å². The Kier molecular flexibility index (Phi) is 12.4. The van der Waals surface area contributed by atoms with Crippen LogP contribution in [0, 0.1) is 0 Å². The highest BCUT2D eigenvalue weighted by atomic mass is 79.9. The fourth-order valence-corrected chi connectivity index (χ4v) is 2.65. The fraction of sp³-hybridized carbons (Fsp3) is 0.333. The first-order valence-corrected chi connectivity index (χ1v) is 11.0. The van der Waals surface area contributed by atoms with Crippen LogP contribution in [0.15, 0.2) is 41.0 Å². The highest BCUT2D eigenvalue weighted by Gasteiger charge is 2.38. The maximum atomic E-state index is 10.6. The average molecular weight is 619 g/mol. The number of aliphatic carboxylic acids is 2. The SMILES string of the molecule is CN(CCO)CCOc1ccc(-c2nc3ncc(Br)cc3[nH]2)cc1.O=C(O)C(F)(F)F.O=C(O)C(F)(F)F. The molecule has 0 spiro atoms. The molecule has 4 N–H and O–H groups in total. The second-order valence-electron chi connectivity index (χ2n) is 7.12. The largest absolute Gasteiger partial charge is 0.492 e. The minimum absolute atomic E-state index is 0.161. The van der Waals surface area contributed by atoms with Crippen LogP contribution >= 0.6 is 15.9 Å². The number of rotatable bonds is 7. The Morgan fingerprint density at radius 3 is 2.03 bits per heavy atom. The number of carboxylic acids is 2. The lowest BCUT2D eigenvalue weighted by atomic mass is 10.2. The number of fused-ring (bicyclic) bond motifs is 1. The fourth-order valence-electron chi connectivity index (χ4n) is 2.32. The summed E-state index contributed by atoms with van der Waals surface area (Å²) in [5, 5.41) is 23.1. The van der Waals surface area contributed by atoms with Crippen molar-refractivity contribution in [2.24, 2.45) is 0 Å². The lowest BCUT2D eigenvalue weighted by Crippen LogP contribution is -2.27. The van der Waals surface area contributed by atoms with E-state index in [2.05, 4.69) is 30.9 Å². The van der Waals surface area contributed by atoms with Crippen LogP contribution in [0.1, 0.15) is 0 Å². The maximum absolute atomic E-state index is 10.6. The zero-order valence-corrected chi connectivity index (χ0v) is 20.9. The lowest BCUT2D eigenvalue weighted by Gasteiger charge is -2.15.